The van der Waals surface area contributed by atoms with Gasteiger partial charge in [-0.05, 0) is 42.3 Å². The molecule has 1 aromatic heterocycles. The number of ketones is 1. The van der Waals surface area contributed by atoms with Crippen LogP contribution in [0.5, 0.6) is 5.75 Å². The Hall–Kier alpha value is -2.70. The summed E-state index contributed by atoms with van der Waals surface area (Å²) in [6.07, 6.45) is 0. The summed E-state index contributed by atoms with van der Waals surface area (Å²) in [5.41, 5.74) is 0.556. The van der Waals surface area contributed by atoms with Gasteiger partial charge < -0.3 is 10.1 Å². The first-order chi connectivity index (χ1) is 13.4. The fraction of sp³-hybridized carbons (Fsp3) is 0.143. The summed E-state index contributed by atoms with van der Waals surface area (Å²) in [5.74, 6) is -0.653. The second-order valence-corrected chi connectivity index (χ2v) is 8.22. The summed E-state index contributed by atoms with van der Waals surface area (Å²) in [7, 11) is 1.56. The average Bonchev–Trinajstić information content (AvgIpc) is 3.02. The molecule has 1 N–H and O–H groups in total. The van der Waals surface area contributed by atoms with Crippen molar-refractivity contribution in [1.82, 2.24) is 0 Å². The van der Waals surface area contributed by atoms with Gasteiger partial charge in [-0.3, -0.25) is 9.59 Å². The summed E-state index contributed by atoms with van der Waals surface area (Å²) in [6.45, 7) is 1.54. The van der Waals surface area contributed by atoms with Crippen LogP contribution < -0.4 is 10.1 Å². The number of carbonyl (C=O) groups excluding carboxylic acids is 2. The van der Waals surface area contributed by atoms with E-state index in [0.717, 1.165) is 11.3 Å². The molecular formula is C21H15ClFNO3S. The van der Waals surface area contributed by atoms with Gasteiger partial charge in [0.25, 0.3) is 0 Å². The number of halogens is 2. The highest BCUT2D eigenvalue weighted by molar-refractivity contribution is 7.21. The minimum atomic E-state index is -1.49. The third-order valence-corrected chi connectivity index (χ3v) is 6.32. The Labute approximate surface area is 169 Å². The topological polar surface area (TPSA) is 55.4 Å². The number of nitrogens with one attached hydrogen (secondary N) is 1. The van der Waals surface area contributed by atoms with Crippen LogP contribution >= 0.6 is 22.9 Å². The smallest absolute Gasteiger partial charge is 0.243 e. The fourth-order valence-electron chi connectivity index (χ4n) is 3.37. The number of amides is 1. The Morgan fingerprint density at radius 1 is 1.11 bits per heavy atom. The van der Waals surface area contributed by atoms with Crippen molar-refractivity contribution in [2.45, 2.75) is 12.3 Å². The Kier molecular flexibility index (Phi) is 4.48. The number of rotatable bonds is 3. The zero-order valence-electron chi connectivity index (χ0n) is 15.0. The van der Waals surface area contributed by atoms with Crippen LogP contribution in [0.2, 0.25) is 4.34 Å². The average molecular weight is 416 g/mol. The normalized spacial score (nSPS) is 18.6. The molecule has 0 saturated carbocycles. The van der Waals surface area contributed by atoms with Crippen molar-refractivity contribution in [1.29, 1.82) is 0 Å². The Balaban J connectivity index is 1.91. The number of Topliss-reactive ketones (excluding diaryl/α,β-unsaturated/α-hetero) is 1. The first-order valence-corrected chi connectivity index (χ1v) is 9.64. The summed E-state index contributed by atoms with van der Waals surface area (Å²) in [4.78, 5) is 26.4. The molecule has 1 aliphatic heterocycles. The van der Waals surface area contributed by atoms with Gasteiger partial charge in [-0.25, -0.2) is 4.39 Å². The van der Waals surface area contributed by atoms with Gasteiger partial charge in [0.05, 0.1) is 12.7 Å². The lowest BCUT2D eigenvalue weighted by Crippen LogP contribution is -2.48. The first-order valence-electron chi connectivity index (χ1n) is 8.45. The molecule has 4 rings (SSSR count). The van der Waals surface area contributed by atoms with Crippen LogP contribution in [-0.2, 0) is 10.2 Å². The summed E-state index contributed by atoms with van der Waals surface area (Å²) < 4.78 is 19.0. The zero-order chi connectivity index (χ0) is 20.1. The molecule has 28 heavy (non-hydrogen) atoms. The Morgan fingerprint density at radius 2 is 1.82 bits per heavy atom. The Bertz CT molecular complexity index is 1110. The highest BCUT2D eigenvalue weighted by atomic mass is 35.5. The molecular weight excluding hydrogens is 401 g/mol. The van der Waals surface area contributed by atoms with Crippen LogP contribution in [0.15, 0.2) is 48.5 Å². The number of anilines is 1. The standard InChI is InChI=1S/C21H15ClFNO3S/c1-21(12-6-8-13(23)9-7-12)17(25)16-15(11-4-3-5-14(10-11)27-2)18(22)28-19(16)24-20(21)26/h3-10H,1-2H3,(H,24,26). The number of hydrogen-bond acceptors (Lipinski definition) is 4. The van der Waals surface area contributed by atoms with Gasteiger partial charge in [-0.1, -0.05) is 35.9 Å². The van der Waals surface area contributed by atoms with Crippen LogP contribution in [0.3, 0.4) is 0 Å². The molecule has 2 heterocycles. The van der Waals surface area contributed by atoms with Crippen molar-refractivity contribution in [3.05, 3.63) is 69.8 Å². The predicted octanol–water partition coefficient (Wildman–Crippen LogP) is 5.31. The molecule has 1 amide bonds. The third kappa shape index (κ3) is 2.72. The van der Waals surface area contributed by atoms with Crippen molar-refractivity contribution in [3.63, 3.8) is 0 Å². The van der Waals surface area contributed by atoms with E-state index < -0.39 is 17.1 Å². The van der Waals surface area contributed by atoms with E-state index in [9.17, 15) is 14.0 Å². The second kappa shape index (κ2) is 6.72. The quantitative estimate of drug-likeness (QED) is 0.590. The van der Waals surface area contributed by atoms with Gasteiger partial charge in [0.15, 0.2) is 5.78 Å². The fourth-order valence-corrected chi connectivity index (χ4v) is 4.75. The van der Waals surface area contributed by atoms with Gasteiger partial charge >= 0.3 is 0 Å². The van der Waals surface area contributed by atoms with Crippen LogP contribution in [0.25, 0.3) is 11.1 Å². The lowest BCUT2D eigenvalue weighted by Gasteiger charge is -2.31. The van der Waals surface area contributed by atoms with Gasteiger partial charge in [-0.15, -0.1) is 11.3 Å². The molecule has 1 atom stereocenters. The maximum Gasteiger partial charge on any atom is 0.243 e. The van der Waals surface area contributed by atoms with E-state index in [0.29, 0.717) is 37.3 Å². The number of carbonyl (C=O) groups is 2. The largest absolute Gasteiger partial charge is 0.497 e. The molecule has 0 bridgehead atoms. The molecule has 0 aliphatic carbocycles. The van der Waals surface area contributed by atoms with E-state index in [2.05, 4.69) is 5.32 Å². The molecule has 2 aromatic carbocycles. The molecule has 0 spiro atoms. The molecule has 0 saturated heterocycles. The predicted molar refractivity (Wildman–Crippen MR) is 108 cm³/mol. The van der Waals surface area contributed by atoms with Crippen molar-refractivity contribution in [2.24, 2.45) is 0 Å². The van der Waals surface area contributed by atoms with E-state index in [4.69, 9.17) is 16.3 Å². The molecule has 3 aromatic rings. The maximum atomic E-state index is 13.6. The van der Waals surface area contributed by atoms with E-state index in [1.165, 1.54) is 24.3 Å². The van der Waals surface area contributed by atoms with Crippen LogP contribution in [0.1, 0.15) is 22.8 Å². The number of fused-ring (bicyclic) bond motifs is 1. The molecule has 0 fully saturated rings. The minimum Gasteiger partial charge on any atom is -0.497 e. The second-order valence-electron chi connectivity index (χ2n) is 6.60. The van der Waals surface area contributed by atoms with Gasteiger partial charge in [0.2, 0.25) is 5.91 Å². The Morgan fingerprint density at radius 3 is 2.50 bits per heavy atom. The van der Waals surface area contributed by atoms with E-state index in [1.54, 1.807) is 32.2 Å². The summed E-state index contributed by atoms with van der Waals surface area (Å²) in [6, 6.07) is 12.6. The molecule has 1 aliphatic rings. The van der Waals surface area contributed by atoms with Gasteiger partial charge in [0, 0.05) is 5.56 Å². The number of ether oxygens (including phenoxy) is 1. The van der Waals surface area contributed by atoms with E-state index in [1.807, 2.05) is 6.07 Å². The summed E-state index contributed by atoms with van der Waals surface area (Å²) in [5, 5.41) is 3.22. The lowest BCUT2D eigenvalue weighted by atomic mass is 9.73. The van der Waals surface area contributed by atoms with Crippen molar-refractivity contribution < 1.29 is 18.7 Å². The number of benzene rings is 2. The van der Waals surface area contributed by atoms with Crippen LogP contribution in [-0.4, -0.2) is 18.8 Å². The van der Waals surface area contributed by atoms with Crippen LogP contribution in [0, 0.1) is 5.82 Å². The van der Waals surface area contributed by atoms with Gasteiger partial charge in [-0.2, -0.15) is 0 Å². The van der Waals surface area contributed by atoms with Crippen molar-refractivity contribution in [2.75, 3.05) is 12.4 Å². The lowest BCUT2D eigenvalue weighted by molar-refractivity contribution is -0.119. The van der Waals surface area contributed by atoms with Crippen molar-refractivity contribution >= 4 is 39.6 Å². The maximum absolute atomic E-state index is 13.6. The molecule has 4 nitrogen and oxygen atoms in total. The number of thiophene rings is 1. The van der Waals surface area contributed by atoms with E-state index in [-0.39, 0.29) is 5.78 Å². The van der Waals surface area contributed by atoms with E-state index >= 15 is 0 Å². The van der Waals surface area contributed by atoms with Gasteiger partial charge in [0.1, 0.15) is 26.3 Å². The highest BCUT2D eigenvalue weighted by Gasteiger charge is 2.49. The highest BCUT2D eigenvalue weighted by Crippen LogP contribution is 2.49. The first kappa shape index (κ1) is 18.7. The molecule has 0 radical (unpaired) electrons. The number of methoxy groups -OCH3 is 1. The summed E-state index contributed by atoms with van der Waals surface area (Å²) >= 11 is 7.61. The minimum absolute atomic E-state index is 0.356. The SMILES string of the molecule is COc1cccc(-c2c(Cl)sc3c2C(=O)C(C)(c2ccc(F)cc2)C(=O)N3)c1. The third-order valence-electron chi connectivity index (χ3n) is 5.01. The monoisotopic (exact) mass is 415 g/mol. The molecule has 7 heteroatoms. The zero-order valence-corrected chi connectivity index (χ0v) is 16.6. The van der Waals surface area contributed by atoms with Crippen LogP contribution in [0.4, 0.5) is 9.39 Å². The molecule has 1 unspecified atom stereocenters. The van der Waals surface area contributed by atoms with Crippen molar-refractivity contribution in [3.8, 4) is 16.9 Å². The molecule has 142 valence electrons. The number of hydrogen-bond donors (Lipinski definition) is 1.